The summed E-state index contributed by atoms with van der Waals surface area (Å²) in [5, 5.41) is 1.23. The monoisotopic (exact) mass is 464 g/mol. The summed E-state index contributed by atoms with van der Waals surface area (Å²) in [4.78, 5) is 14.7. The van der Waals surface area contributed by atoms with E-state index in [1.165, 1.54) is 0 Å². The molecule has 7 heteroatoms. The zero-order valence-corrected chi connectivity index (χ0v) is 18.8. The largest absolute Gasteiger partial charge is 0.342 e. The zero-order valence-electron chi connectivity index (χ0n) is 17.2. The molecule has 4 aromatic rings. The lowest BCUT2D eigenvalue weighted by Crippen LogP contribution is -2.34. The second kappa shape index (κ2) is 8.11. The number of benzene rings is 3. The van der Waals surface area contributed by atoms with Crippen LogP contribution in [-0.4, -0.2) is 31.2 Å². The Bertz CT molecular complexity index is 1440. The first-order chi connectivity index (χ1) is 15.4. The van der Waals surface area contributed by atoms with Gasteiger partial charge in [-0.1, -0.05) is 66.2 Å². The third kappa shape index (κ3) is 3.70. The molecule has 2 heterocycles. The summed E-state index contributed by atoms with van der Waals surface area (Å²) in [6.07, 6.45) is 2.35. The number of halogens is 1. The van der Waals surface area contributed by atoms with Crippen LogP contribution in [0.3, 0.4) is 0 Å². The molecule has 1 amide bonds. The first-order valence-corrected chi connectivity index (χ1v) is 12.4. The summed E-state index contributed by atoms with van der Waals surface area (Å²) in [7, 11) is -3.85. The predicted molar refractivity (Wildman–Crippen MR) is 127 cm³/mol. The van der Waals surface area contributed by atoms with Gasteiger partial charge in [-0.3, -0.25) is 4.79 Å². The molecule has 5 nitrogen and oxygen atoms in total. The Hall–Kier alpha value is -3.09. The second-order valence-corrected chi connectivity index (χ2v) is 10.3. The van der Waals surface area contributed by atoms with E-state index in [-0.39, 0.29) is 4.90 Å². The number of hydrogen-bond acceptors (Lipinski definition) is 3. The Morgan fingerprint density at radius 2 is 1.66 bits per heavy atom. The smallest absolute Gasteiger partial charge is 0.242 e. The predicted octanol–water partition coefficient (Wildman–Crippen LogP) is 4.71. The van der Waals surface area contributed by atoms with E-state index in [1.807, 2.05) is 65.2 Å². The normalized spacial score (nSPS) is 13.5. The molecule has 0 N–H and O–H groups in total. The van der Waals surface area contributed by atoms with Gasteiger partial charge in [-0.15, -0.1) is 0 Å². The summed E-state index contributed by atoms with van der Waals surface area (Å²) in [6, 6.07) is 22.4. The maximum atomic E-state index is 13.4. The summed E-state index contributed by atoms with van der Waals surface area (Å²) in [6.45, 7) is 0.936. The molecule has 0 aliphatic carbocycles. The molecule has 3 aromatic carbocycles. The van der Waals surface area contributed by atoms with Crippen LogP contribution in [0.1, 0.15) is 11.1 Å². The van der Waals surface area contributed by atoms with E-state index in [9.17, 15) is 13.2 Å². The molecule has 32 heavy (non-hydrogen) atoms. The highest BCUT2D eigenvalue weighted by molar-refractivity contribution is 7.92. The number of sulfone groups is 1. The van der Waals surface area contributed by atoms with Crippen LogP contribution in [0.2, 0.25) is 5.02 Å². The van der Waals surface area contributed by atoms with Crippen molar-refractivity contribution in [3.05, 3.63) is 95.1 Å². The van der Waals surface area contributed by atoms with Crippen molar-refractivity contribution in [2.24, 2.45) is 0 Å². The molecule has 0 unspecified atom stereocenters. The lowest BCUT2D eigenvalue weighted by Gasteiger charge is -2.17. The average Bonchev–Trinajstić information content (AvgIpc) is 3.38. The number of anilines is 1. The molecule has 0 atom stereocenters. The minimum atomic E-state index is -3.85. The van der Waals surface area contributed by atoms with Gasteiger partial charge in [0.25, 0.3) is 0 Å². The fourth-order valence-electron chi connectivity index (χ4n) is 4.32. The highest BCUT2D eigenvalue weighted by Gasteiger charge is 2.30. The van der Waals surface area contributed by atoms with Crippen molar-refractivity contribution in [2.75, 3.05) is 17.2 Å². The Morgan fingerprint density at radius 3 is 2.50 bits per heavy atom. The first-order valence-electron chi connectivity index (χ1n) is 10.4. The van der Waals surface area contributed by atoms with Crippen LogP contribution in [-0.2, 0) is 27.6 Å². The van der Waals surface area contributed by atoms with Gasteiger partial charge < -0.3 is 9.47 Å². The summed E-state index contributed by atoms with van der Waals surface area (Å²) in [5.74, 6) is -0.973. The number of hydrogen-bond donors (Lipinski definition) is 0. The molecule has 0 saturated carbocycles. The number of amides is 1. The molecule has 0 radical (unpaired) electrons. The Labute approximate surface area is 191 Å². The lowest BCUT2D eigenvalue weighted by molar-refractivity contribution is -0.116. The van der Waals surface area contributed by atoms with E-state index in [0.29, 0.717) is 23.5 Å². The van der Waals surface area contributed by atoms with Crippen LogP contribution in [0, 0.1) is 0 Å². The van der Waals surface area contributed by atoms with Crippen LogP contribution in [0.25, 0.3) is 10.9 Å². The average molecular weight is 465 g/mol. The third-order valence-corrected chi connectivity index (χ3v) is 7.88. The second-order valence-electron chi connectivity index (χ2n) is 7.91. The van der Waals surface area contributed by atoms with Crippen LogP contribution in [0.15, 0.2) is 83.9 Å². The number of rotatable bonds is 5. The molecule has 0 spiro atoms. The van der Waals surface area contributed by atoms with Crippen LogP contribution in [0.4, 0.5) is 5.69 Å². The SMILES string of the molecule is O=C(CS(=O)(=O)c1cn(Cc2ccccc2Cl)c2ccccc12)N1CCc2ccccc21. The molecule has 1 aliphatic heterocycles. The topological polar surface area (TPSA) is 59.4 Å². The van der Waals surface area contributed by atoms with Crippen molar-refractivity contribution < 1.29 is 13.2 Å². The highest BCUT2D eigenvalue weighted by Crippen LogP contribution is 2.31. The maximum absolute atomic E-state index is 13.4. The van der Waals surface area contributed by atoms with E-state index < -0.39 is 21.5 Å². The van der Waals surface area contributed by atoms with Crippen molar-refractivity contribution in [2.45, 2.75) is 17.9 Å². The fourth-order valence-corrected chi connectivity index (χ4v) is 5.94. The van der Waals surface area contributed by atoms with E-state index in [0.717, 1.165) is 28.8 Å². The minimum absolute atomic E-state index is 0.168. The van der Waals surface area contributed by atoms with Crippen LogP contribution < -0.4 is 4.90 Å². The highest BCUT2D eigenvalue weighted by atomic mass is 35.5. The van der Waals surface area contributed by atoms with Crippen molar-refractivity contribution >= 4 is 43.9 Å². The van der Waals surface area contributed by atoms with Crippen molar-refractivity contribution in [3.8, 4) is 0 Å². The Morgan fingerprint density at radius 1 is 0.938 bits per heavy atom. The van der Waals surface area contributed by atoms with Crippen LogP contribution >= 0.6 is 11.6 Å². The van der Waals surface area contributed by atoms with E-state index >= 15 is 0 Å². The minimum Gasteiger partial charge on any atom is -0.342 e. The lowest BCUT2D eigenvalue weighted by atomic mass is 10.2. The van der Waals surface area contributed by atoms with Gasteiger partial charge in [0.1, 0.15) is 5.75 Å². The molecule has 162 valence electrons. The number of carbonyl (C=O) groups excluding carboxylic acids is 1. The quantitative estimate of drug-likeness (QED) is 0.430. The molecule has 1 aliphatic rings. The van der Waals surface area contributed by atoms with Gasteiger partial charge in [-0.2, -0.15) is 0 Å². The van der Waals surface area contributed by atoms with Crippen molar-refractivity contribution in [3.63, 3.8) is 0 Å². The van der Waals surface area contributed by atoms with E-state index in [2.05, 4.69) is 0 Å². The van der Waals surface area contributed by atoms with Gasteiger partial charge in [-0.05, 0) is 35.7 Å². The number of fused-ring (bicyclic) bond motifs is 2. The van der Waals surface area contributed by atoms with Gasteiger partial charge in [0.2, 0.25) is 5.91 Å². The molecule has 5 rings (SSSR count). The first kappa shape index (κ1) is 20.8. The van der Waals surface area contributed by atoms with Crippen LogP contribution in [0.5, 0.6) is 0 Å². The molecule has 0 fully saturated rings. The summed E-state index contributed by atoms with van der Waals surface area (Å²) >= 11 is 6.32. The summed E-state index contributed by atoms with van der Waals surface area (Å²) in [5.41, 5.74) is 3.54. The Kier molecular flexibility index (Phi) is 5.27. The third-order valence-electron chi connectivity index (χ3n) is 5.89. The fraction of sp³-hybridized carbons (Fsp3) is 0.160. The van der Waals surface area contributed by atoms with Crippen molar-refractivity contribution in [1.82, 2.24) is 4.57 Å². The number of carbonyl (C=O) groups is 1. The number of aromatic nitrogens is 1. The Balaban J connectivity index is 1.49. The van der Waals surface area contributed by atoms with Gasteiger partial charge >= 0.3 is 0 Å². The van der Waals surface area contributed by atoms with E-state index in [1.54, 1.807) is 23.2 Å². The number of nitrogens with zero attached hydrogens (tertiary/aromatic N) is 2. The number of para-hydroxylation sites is 2. The molecule has 1 aromatic heterocycles. The molecular formula is C25H21ClN2O3S. The van der Waals surface area contributed by atoms with Gasteiger partial charge in [0, 0.05) is 40.9 Å². The zero-order chi connectivity index (χ0) is 22.3. The van der Waals surface area contributed by atoms with E-state index in [4.69, 9.17) is 11.6 Å². The summed E-state index contributed by atoms with van der Waals surface area (Å²) < 4.78 is 28.6. The van der Waals surface area contributed by atoms with Gasteiger partial charge in [0.05, 0.1) is 4.90 Å². The standard InChI is InChI=1S/C25H21ClN2O3S/c26-21-10-4-1-8-19(21)15-27-16-24(20-9-3-6-12-23(20)27)32(30,31)17-25(29)28-14-13-18-7-2-5-11-22(18)28/h1-12,16H,13-15,17H2. The molecular weight excluding hydrogens is 444 g/mol. The molecule has 0 saturated heterocycles. The van der Waals surface area contributed by atoms with Gasteiger partial charge in [-0.25, -0.2) is 8.42 Å². The van der Waals surface area contributed by atoms with Crippen molar-refractivity contribution in [1.29, 1.82) is 0 Å². The molecule has 0 bridgehead atoms. The van der Waals surface area contributed by atoms with Gasteiger partial charge in [0.15, 0.2) is 9.84 Å². The maximum Gasteiger partial charge on any atom is 0.242 e.